The van der Waals surface area contributed by atoms with Crippen LogP contribution in [-0.4, -0.2) is 76.1 Å². The number of nitrogens with one attached hydrogen (secondary N) is 1. The van der Waals surface area contributed by atoms with Crippen LogP contribution in [0.15, 0.2) is 30.3 Å². The number of ether oxygens (including phenoxy) is 2. The number of hydrogen-bond acceptors (Lipinski definition) is 9. The summed E-state index contributed by atoms with van der Waals surface area (Å²) in [5, 5.41) is 0. The molecule has 0 unspecified atom stereocenters. The number of rotatable bonds is 9. The Balaban J connectivity index is 1.61. The van der Waals surface area contributed by atoms with Crippen LogP contribution in [0.3, 0.4) is 0 Å². The van der Waals surface area contributed by atoms with Crippen LogP contribution in [0.5, 0.6) is 5.75 Å². The van der Waals surface area contributed by atoms with E-state index in [0.29, 0.717) is 49.8 Å². The zero-order valence-electron chi connectivity index (χ0n) is 16.6. The fourth-order valence-corrected chi connectivity index (χ4v) is 3.41. The molecule has 1 N–H and O–H groups in total. The molecule has 1 fully saturated rings. The highest BCUT2D eigenvalue weighted by atomic mass is 32.2. The van der Waals surface area contributed by atoms with Crippen molar-refractivity contribution in [2.75, 3.05) is 62.6 Å². The zero-order chi connectivity index (χ0) is 20.7. The lowest BCUT2D eigenvalue weighted by Crippen LogP contribution is -2.38. The molecule has 29 heavy (non-hydrogen) atoms. The lowest BCUT2D eigenvalue weighted by atomic mass is 10.3. The summed E-state index contributed by atoms with van der Waals surface area (Å²) in [5.74, 6) is 1.82. The molecule has 10 nitrogen and oxygen atoms in total. The van der Waals surface area contributed by atoms with E-state index >= 15 is 0 Å². The summed E-state index contributed by atoms with van der Waals surface area (Å²) in [5.41, 5.74) is 0. The molecule has 0 bridgehead atoms. The molecule has 2 aromatic rings. The lowest BCUT2D eigenvalue weighted by molar-refractivity contribution is 0.122. The Labute approximate surface area is 170 Å². The van der Waals surface area contributed by atoms with Gasteiger partial charge in [-0.3, -0.25) is 0 Å². The highest BCUT2D eigenvalue weighted by Crippen LogP contribution is 2.14. The molecule has 0 amide bonds. The summed E-state index contributed by atoms with van der Waals surface area (Å²) in [4.78, 5) is 17.0. The molecule has 3 rings (SSSR count). The Morgan fingerprint density at radius 3 is 2.55 bits per heavy atom. The molecular formula is C18H26N6O4S. The van der Waals surface area contributed by atoms with Crippen LogP contribution in [0, 0.1) is 0 Å². The standard InChI is InChI=1S/C18H26N6O4S/c1-23(2)17-20-16(21-18(22-17)24-8-10-27-11-9-24)14-19-29(25,26)13-12-28-15-6-4-3-5-7-15/h3-7,19H,8-14H2,1-2H3. The number of morpholine rings is 1. The van der Waals surface area contributed by atoms with Gasteiger partial charge in [0.2, 0.25) is 21.9 Å². The number of sulfonamides is 1. The number of para-hydroxylation sites is 1. The van der Waals surface area contributed by atoms with Gasteiger partial charge in [-0.2, -0.15) is 15.0 Å². The van der Waals surface area contributed by atoms with E-state index in [9.17, 15) is 8.42 Å². The van der Waals surface area contributed by atoms with Crippen molar-refractivity contribution in [2.45, 2.75) is 6.54 Å². The molecule has 0 radical (unpaired) electrons. The Hall–Kier alpha value is -2.50. The molecule has 0 spiro atoms. The van der Waals surface area contributed by atoms with Crippen molar-refractivity contribution in [3.8, 4) is 5.75 Å². The van der Waals surface area contributed by atoms with E-state index in [1.54, 1.807) is 17.0 Å². The highest BCUT2D eigenvalue weighted by Gasteiger charge is 2.18. The predicted molar refractivity (Wildman–Crippen MR) is 110 cm³/mol. The highest BCUT2D eigenvalue weighted by molar-refractivity contribution is 7.89. The molecule has 11 heteroatoms. The maximum atomic E-state index is 12.3. The van der Waals surface area contributed by atoms with Crippen LogP contribution in [0.1, 0.15) is 5.82 Å². The van der Waals surface area contributed by atoms with E-state index < -0.39 is 10.0 Å². The first-order valence-corrected chi connectivity index (χ1v) is 11.0. The maximum Gasteiger partial charge on any atom is 0.230 e. The maximum absolute atomic E-state index is 12.3. The molecule has 0 saturated carbocycles. The van der Waals surface area contributed by atoms with E-state index in [-0.39, 0.29) is 18.9 Å². The summed E-state index contributed by atoms with van der Waals surface area (Å²) in [7, 11) is 0.110. The van der Waals surface area contributed by atoms with Crippen LogP contribution >= 0.6 is 0 Å². The lowest BCUT2D eigenvalue weighted by Gasteiger charge is -2.27. The monoisotopic (exact) mass is 422 g/mol. The van der Waals surface area contributed by atoms with E-state index in [1.165, 1.54) is 0 Å². The van der Waals surface area contributed by atoms with Crippen molar-refractivity contribution >= 4 is 21.9 Å². The fraction of sp³-hybridized carbons (Fsp3) is 0.500. The molecule has 1 aromatic heterocycles. The van der Waals surface area contributed by atoms with Crippen LogP contribution < -0.4 is 19.3 Å². The zero-order valence-corrected chi connectivity index (χ0v) is 17.4. The second kappa shape index (κ2) is 9.81. The van der Waals surface area contributed by atoms with Gasteiger partial charge in [-0.25, -0.2) is 13.1 Å². The molecule has 1 saturated heterocycles. The molecule has 0 atom stereocenters. The van der Waals surface area contributed by atoms with Gasteiger partial charge < -0.3 is 19.3 Å². The average molecular weight is 423 g/mol. The quantitative estimate of drug-likeness (QED) is 0.609. The molecule has 1 aliphatic rings. The van der Waals surface area contributed by atoms with E-state index in [0.717, 1.165) is 0 Å². The van der Waals surface area contributed by atoms with Crippen molar-refractivity contribution < 1.29 is 17.9 Å². The average Bonchev–Trinajstić information content (AvgIpc) is 2.73. The van der Waals surface area contributed by atoms with Crippen LogP contribution in [0.25, 0.3) is 0 Å². The van der Waals surface area contributed by atoms with E-state index in [1.807, 2.05) is 37.2 Å². The summed E-state index contributed by atoms with van der Waals surface area (Å²) < 4.78 is 38.0. The smallest absolute Gasteiger partial charge is 0.230 e. The van der Waals surface area contributed by atoms with E-state index in [4.69, 9.17) is 9.47 Å². The first-order valence-electron chi connectivity index (χ1n) is 9.33. The predicted octanol–water partition coefficient (Wildman–Crippen LogP) is 0.273. The van der Waals surface area contributed by atoms with Crippen molar-refractivity contribution in [1.82, 2.24) is 19.7 Å². The Morgan fingerprint density at radius 1 is 1.14 bits per heavy atom. The van der Waals surface area contributed by atoms with Crippen molar-refractivity contribution in [3.63, 3.8) is 0 Å². The number of anilines is 2. The summed E-state index contributed by atoms with van der Waals surface area (Å²) in [6.07, 6.45) is 0. The van der Waals surface area contributed by atoms with Gasteiger partial charge in [-0.05, 0) is 12.1 Å². The first kappa shape index (κ1) is 21.2. The summed E-state index contributed by atoms with van der Waals surface area (Å²) in [6.45, 7) is 2.60. The summed E-state index contributed by atoms with van der Waals surface area (Å²) >= 11 is 0. The Morgan fingerprint density at radius 2 is 1.86 bits per heavy atom. The Kier molecular flexibility index (Phi) is 7.18. The molecule has 1 aromatic carbocycles. The molecular weight excluding hydrogens is 396 g/mol. The SMILES string of the molecule is CN(C)c1nc(CNS(=O)(=O)CCOc2ccccc2)nc(N2CCOCC2)n1. The summed E-state index contributed by atoms with van der Waals surface area (Å²) in [6, 6.07) is 9.09. The van der Waals surface area contributed by atoms with Gasteiger partial charge in [0.05, 0.1) is 25.5 Å². The van der Waals surface area contributed by atoms with Gasteiger partial charge in [-0.1, -0.05) is 18.2 Å². The molecule has 1 aliphatic heterocycles. The minimum Gasteiger partial charge on any atom is -0.492 e. The second-order valence-electron chi connectivity index (χ2n) is 6.65. The normalized spacial score (nSPS) is 14.6. The van der Waals surface area contributed by atoms with Crippen molar-refractivity contribution in [3.05, 3.63) is 36.2 Å². The van der Waals surface area contributed by atoms with Gasteiger partial charge in [0.15, 0.2) is 5.82 Å². The third kappa shape index (κ3) is 6.51. The minimum absolute atomic E-state index is 0.0195. The molecule has 158 valence electrons. The fourth-order valence-electron chi connectivity index (χ4n) is 2.61. The van der Waals surface area contributed by atoms with Crippen molar-refractivity contribution in [2.24, 2.45) is 0 Å². The van der Waals surface area contributed by atoms with Gasteiger partial charge in [0.1, 0.15) is 12.4 Å². The molecule has 0 aliphatic carbocycles. The van der Waals surface area contributed by atoms with Crippen molar-refractivity contribution in [1.29, 1.82) is 0 Å². The number of aromatic nitrogens is 3. The number of hydrogen-bond donors (Lipinski definition) is 1. The Bertz CT molecular complexity index is 888. The number of nitrogens with zero attached hydrogens (tertiary/aromatic N) is 5. The van der Waals surface area contributed by atoms with Crippen LogP contribution in [-0.2, 0) is 21.3 Å². The minimum atomic E-state index is -3.54. The third-order valence-corrected chi connectivity index (χ3v) is 5.45. The van der Waals surface area contributed by atoms with Gasteiger partial charge >= 0.3 is 0 Å². The van der Waals surface area contributed by atoms with Gasteiger partial charge in [0, 0.05) is 27.2 Å². The second-order valence-corrected chi connectivity index (χ2v) is 8.57. The largest absolute Gasteiger partial charge is 0.492 e. The van der Waals surface area contributed by atoms with E-state index in [2.05, 4.69) is 19.7 Å². The van der Waals surface area contributed by atoms with Crippen LogP contribution in [0.4, 0.5) is 11.9 Å². The molecule has 2 heterocycles. The topological polar surface area (TPSA) is 110 Å². The first-order chi connectivity index (χ1) is 13.9. The van der Waals surface area contributed by atoms with Gasteiger partial charge in [-0.15, -0.1) is 0 Å². The third-order valence-electron chi connectivity index (χ3n) is 4.17. The van der Waals surface area contributed by atoms with Gasteiger partial charge in [0.25, 0.3) is 0 Å². The number of benzene rings is 1. The van der Waals surface area contributed by atoms with Crippen LogP contribution in [0.2, 0.25) is 0 Å².